The molecule has 0 unspecified atom stereocenters. The summed E-state index contributed by atoms with van der Waals surface area (Å²) in [7, 11) is 0. The zero-order valence-corrected chi connectivity index (χ0v) is 25.2. The van der Waals surface area contributed by atoms with Crippen LogP contribution in [0.1, 0.15) is 0 Å². The van der Waals surface area contributed by atoms with Crippen molar-refractivity contribution in [2.45, 2.75) is 0 Å². The van der Waals surface area contributed by atoms with E-state index in [2.05, 4.69) is 111 Å². The van der Waals surface area contributed by atoms with Crippen LogP contribution in [-0.4, -0.2) is 9.13 Å². The van der Waals surface area contributed by atoms with Gasteiger partial charge in [-0.05, 0) is 97.1 Å². The smallest absolute Gasteiger partial charge is 0.123 e. The van der Waals surface area contributed by atoms with Crippen LogP contribution in [0.5, 0.6) is 0 Å². The van der Waals surface area contributed by atoms with E-state index in [4.69, 9.17) is 0 Å². The minimum Gasteiger partial charge on any atom is -0.309 e. The highest BCUT2D eigenvalue weighted by atomic mass is 19.1. The molecule has 0 N–H and O–H groups in total. The summed E-state index contributed by atoms with van der Waals surface area (Å²) in [6, 6.07) is 53.3. The lowest BCUT2D eigenvalue weighted by atomic mass is 10.1. The van der Waals surface area contributed by atoms with Crippen LogP contribution in [0.25, 0.3) is 55.0 Å². The Hall–Kier alpha value is -6.20. The molecule has 0 atom stereocenters. The molecule has 0 bridgehead atoms. The van der Waals surface area contributed by atoms with Crippen molar-refractivity contribution in [2.75, 3.05) is 4.90 Å². The second-order valence-electron chi connectivity index (χ2n) is 11.7. The number of para-hydroxylation sites is 3. The molecule has 0 saturated carbocycles. The summed E-state index contributed by atoms with van der Waals surface area (Å²) in [5, 5.41) is 4.39. The summed E-state index contributed by atoms with van der Waals surface area (Å²) in [4.78, 5) is 2.34. The molecule has 0 fully saturated rings. The normalized spacial score (nSPS) is 11.6. The Morgan fingerprint density at radius 1 is 0.362 bits per heavy atom. The first-order valence-electron chi connectivity index (χ1n) is 15.6. The van der Waals surface area contributed by atoms with Crippen molar-refractivity contribution in [3.8, 4) is 11.4 Å². The van der Waals surface area contributed by atoms with E-state index in [1.165, 1.54) is 24.3 Å². The Bertz CT molecular complexity index is 2420. The van der Waals surface area contributed by atoms with Gasteiger partial charge in [0.05, 0.1) is 33.4 Å². The number of aromatic nitrogens is 2. The second-order valence-corrected chi connectivity index (χ2v) is 11.7. The van der Waals surface area contributed by atoms with E-state index in [9.17, 15) is 8.78 Å². The maximum atomic E-state index is 14.0. The van der Waals surface area contributed by atoms with Gasteiger partial charge in [-0.2, -0.15) is 0 Å². The fourth-order valence-corrected chi connectivity index (χ4v) is 7.10. The van der Waals surface area contributed by atoms with Crippen LogP contribution in [0.3, 0.4) is 0 Å². The number of nitrogens with zero attached hydrogens (tertiary/aromatic N) is 3. The van der Waals surface area contributed by atoms with Gasteiger partial charge in [-0.15, -0.1) is 0 Å². The van der Waals surface area contributed by atoms with Gasteiger partial charge in [-0.1, -0.05) is 66.7 Å². The summed E-state index contributed by atoms with van der Waals surface area (Å²) in [5.74, 6) is -0.531. The van der Waals surface area contributed by atoms with Gasteiger partial charge in [0.25, 0.3) is 0 Å². The van der Waals surface area contributed by atoms with Gasteiger partial charge in [-0.3, -0.25) is 0 Å². The highest BCUT2D eigenvalue weighted by Gasteiger charge is 2.24. The largest absolute Gasteiger partial charge is 0.309 e. The quantitative estimate of drug-likeness (QED) is 0.189. The Morgan fingerprint density at radius 2 is 0.766 bits per heavy atom. The van der Waals surface area contributed by atoms with E-state index in [0.717, 1.165) is 72.0 Å². The third kappa shape index (κ3) is 4.24. The summed E-state index contributed by atoms with van der Waals surface area (Å²) in [5.41, 5.74) is 8.99. The lowest BCUT2D eigenvalue weighted by Crippen LogP contribution is -2.11. The Kier molecular flexibility index (Phi) is 6.18. The average molecular weight is 612 g/mol. The molecular formula is C42H27F2N3. The molecule has 0 radical (unpaired) electrons. The zero-order valence-electron chi connectivity index (χ0n) is 25.2. The van der Waals surface area contributed by atoms with Gasteiger partial charge in [0.1, 0.15) is 11.6 Å². The molecule has 3 nitrogen and oxygen atoms in total. The standard InChI is InChI=1S/C42H27F2N3/c43-28-20-24-31(25-21-28)45-35-14-6-4-12-33(35)41-37(45)16-8-18-39(41)47(30-10-2-1-3-11-30)40-19-9-17-38-42(40)34-13-5-7-15-36(34)46(38)32-26-22-29(44)23-27-32/h1-27H. The van der Waals surface area contributed by atoms with Crippen LogP contribution in [0, 0.1) is 11.6 Å². The van der Waals surface area contributed by atoms with Crippen LogP contribution in [0.15, 0.2) is 164 Å². The van der Waals surface area contributed by atoms with E-state index in [-0.39, 0.29) is 11.6 Å². The molecule has 2 heterocycles. The van der Waals surface area contributed by atoms with E-state index >= 15 is 0 Å². The first-order valence-corrected chi connectivity index (χ1v) is 15.6. The Morgan fingerprint density at radius 3 is 1.23 bits per heavy atom. The molecule has 5 heteroatoms. The van der Waals surface area contributed by atoms with E-state index in [0.29, 0.717) is 0 Å². The molecule has 224 valence electrons. The van der Waals surface area contributed by atoms with E-state index < -0.39 is 0 Å². The van der Waals surface area contributed by atoms with Crippen molar-refractivity contribution in [3.63, 3.8) is 0 Å². The minimum atomic E-state index is -0.265. The molecule has 0 aliphatic heterocycles. The number of benzene rings is 7. The fraction of sp³-hybridized carbons (Fsp3) is 0. The van der Waals surface area contributed by atoms with Crippen LogP contribution in [0.4, 0.5) is 25.8 Å². The first-order chi connectivity index (χ1) is 23.2. The fourth-order valence-electron chi connectivity index (χ4n) is 7.10. The first kappa shape index (κ1) is 27.1. The number of rotatable bonds is 5. The number of hydrogen-bond acceptors (Lipinski definition) is 1. The Labute approximate surface area is 269 Å². The predicted molar refractivity (Wildman–Crippen MR) is 190 cm³/mol. The molecule has 0 aliphatic carbocycles. The van der Waals surface area contributed by atoms with Crippen molar-refractivity contribution >= 4 is 60.7 Å². The van der Waals surface area contributed by atoms with Gasteiger partial charge < -0.3 is 14.0 Å². The Balaban J connectivity index is 1.39. The molecule has 2 aromatic heterocycles. The van der Waals surface area contributed by atoms with Crippen molar-refractivity contribution < 1.29 is 8.78 Å². The summed E-state index contributed by atoms with van der Waals surface area (Å²) < 4.78 is 32.5. The molecule has 9 rings (SSSR count). The molecular weight excluding hydrogens is 584 g/mol. The summed E-state index contributed by atoms with van der Waals surface area (Å²) >= 11 is 0. The highest BCUT2D eigenvalue weighted by Crippen LogP contribution is 2.47. The molecule has 9 aromatic rings. The third-order valence-corrected chi connectivity index (χ3v) is 9.02. The van der Waals surface area contributed by atoms with Crippen LogP contribution in [-0.2, 0) is 0 Å². The van der Waals surface area contributed by atoms with Gasteiger partial charge in [-0.25, -0.2) is 8.78 Å². The predicted octanol–water partition coefficient (Wildman–Crippen LogP) is 11.6. The van der Waals surface area contributed by atoms with Gasteiger partial charge >= 0.3 is 0 Å². The third-order valence-electron chi connectivity index (χ3n) is 9.02. The lowest BCUT2D eigenvalue weighted by Gasteiger charge is -2.27. The van der Waals surface area contributed by atoms with Crippen molar-refractivity contribution in [1.29, 1.82) is 0 Å². The van der Waals surface area contributed by atoms with E-state index in [1.54, 1.807) is 0 Å². The number of halogens is 2. The van der Waals surface area contributed by atoms with E-state index in [1.807, 2.05) is 42.5 Å². The zero-order chi connectivity index (χ0) is 31.5. The molecule has 7 aromatic carbocycles. The highest BCUT2D eigenvalue weighted by molar-refractivity contribution is 6.20. The molecule has 0 aliphatic rings. The van der Waals surface area contributed by atoms with Crippen LogP contribution >= 0.6 is 0 Å². The van der Waals surface area contributed by atoms with Crippen molar-refractivity contribution in [1.82, 2.24) is 9.13 Å². The lowest BCUT2D eigenvalue weighted by molar-refractivity contribution is 0.627. The average Bonchev–Trinajstić information content (AvgIpc) is 3.64. The molecule has 47 heavy (non-hydrogen) atoms. The number of fused-ring (bicyclic) bond motifs is 6. The summed E-state index contributed by atoms with van der Waals surface area (Å²) in [6.07, 6.45) is 0. The second kappa shape index (κ2) is 10.7. The number of hydrogen-bond donors (Lipinski definition) is 0. The van der Waals surface area contributed by atoms with Crippen molar-refractivity contribution in [3.05, 3.63) is 175 Å². The van der Waals surface area contributed by atoms with Gasteiger partial charge in [0.15, 0.2) is 0 Å². The van der Waals surface area contributed by atoms with Crippen LogP contribution < -0.4 is 4.90 Å². The van der Waals surface area contributed by atoms with Gasteiger partial charge in [0, 0.05) is 38.6 Å². The SMILES string of the molecule is Fc1ccc(-n2c3ccccc3c3c(N(c4ccccc4)c4cccc5c4c4ccccc4n5-c4ccc(F)cc4)cccc32)cc1. The number of anilines is 3. The van der Waals surface area contributed by atoms with Gasteiger partial charge in [0.2, 0.25) is 0 Å². The van der Waals surface area contributed by atoms with Crippen molar-refractivity contribution in [2.24, 2.45) is 0 Å². The molecule has 0 amide bonds. The van der Waals surface area contributed by atoms with Crippen LogP contribution in [0.2, 0.25) is 0 Å². The maximum Gasteiger partial charge on any atom is 0.123 e. The molecule has 0 spiro atoms. The monoisotopic (exact) mass is 611 g/mol. The molecule has 0 saturated heterocycles. The topological polar surface area (TPSA) is 13.1 Å². The minimum absolute atomic E-state index is 0.265. The summed E-state index contributed by atoms with van der Waals surface area (Å²) in [6.45, 7) is 0. The maximum absolute atomic E-state index is 14.0.